The van der Waals surface area contributed by atoms with Gasteiger partial charge in [0.2, 0.25) is 0 Å². The van der Waals surface area contributed by atoms with E-state index in [4.69, 9.17) is 0 Å². The van der Waals surface area contributed by atoms with Crippen LogP contribution in [0.4, 0.5) is 0 Å². The highest BCUT2D eigenvalue weighted by atomic mass is 28.3. The lowest BCUT2D eigenvalue weighted by molar-refractivity contribution is 1.29. The van der Waals surface area contributed by atoms with E-state index in [2.05, 4.69) is 43.9 Å². The lowest BCUT2D eigenvalue weighted by Gasteiger charge is -2.20. The summed E-state index contributed by atoms with van der Waals surface area (Å²) in [6, 6.07) is 0. The normalized spacial score (nSPS) is 19.4. The minimum absolute atomic E-state index is 0.789. The number of rotatable bonds is 1. The SMILES string of the molecule is C[Si](C)(C)C1C=CC=C1. The second-order valence-electron chi connectivity index (χ2n) is 3.66. The van der Waals surface area contributed by atoms with E-state index in [1.165, 1.54) is 0 Å². The van der Waals surface area contributed by atoms with Crippen molar-refractivity contribution in [3.8, 4) is 0 Å². The van der Waals surface area contributed by atoms with Gasteiger partial charge in [0, 0.05) is 0 Å². The minimum Gasteiger partial charge on any atom is -0.0804 e. The third-order valence-corrected chi connectivity index (χ3v) is 4.13. The van der Waals surface area contributed by atoms with Crippen molar-refractivity contribution in [1.29, 1.82) is 0 Å². The molecule has 0 heterocycles. The van der Waals surface area contributed by atoms with E-state index in [9.17, 15) is 0 Å². The predicted molar refractivity (Wildman–Crippen MR) is 45.4 cm³/mol. The van der Waals surface area contributed by atoms with Gasteiger partial charge in [-0.15, -0.1) is 0 Å². The second-order valence-corrected chi connectivity index (χ2v) is 9.06. The van der Waals surface area contributed by atoms with Crippen LogP contribution in [0.1, 0.15) is 0 Å². The van der Waals surface area contributed by atoms with Gasteiger partial charge in [-0.25, -0.2) is 0 Å². The van der Waals surface area contributed by atoms with Gasteiger partial charge in [0.15, 0.2) is 0 Å². The van der Waals surface area contributed by atoms with Gasteiger partial charge in [0.1, 0.15) is 0 Å². The molecular formula is C8H14Si. The first-order chi connectivity index (χ1) is 4.11. The van der Waals surface area contributed by atoms with Crippen molar-refractivity contribution in [3.05, 3.63) is 24.3 Å². The summed E-state index contributed by atoms with van der Waals surface area (Å²) in [5.41, 5.74) is 0.789. The summed E-state index contributed by atoms with van der Waals surface area (Å²) in [6.45, 7) is 7.20. The zero-order valence-corrected chi connectivity index (χ0v) is 7.39. The molecule has 0 saturated heterocycles. The predicted octanol–water partition coefficient (Wildman–Crippen LogP) is 2.82. The average molecular weight is 138 g/mol. The third-order valence-electron chi connectivity index (χ3n) is 1.75. The fraction of sp³-hybridized carbons (Fsp3) is 0.500. The molecule has 0 aliphatic heterocycles. The van der Waals surface area contributed by atoms with E-state index in [1.807, 2.05) is 0 Å². The third kappa shape index (κ3) is 1.55. The number of allylic oxidation sites excluding steroid dienone is 4. The van der Waals surface area contributed by atoms with E-state index < -0.39 is 8.07 Å². The maximum atomic E-state index is 2.40. The van der Waals surface area contributed by atoms with Crippen LogP contribution in [0.5, 0.6) is 0 Å². The van der Waals surface area contributed by atoms with Gasteiger partial charge in [-0.2, -0.15) is 0 Å². The highest BCUT2D eigenvalue weighted by Gasteiger charge is 2.22. The van der Waals surface area contributed by atoms with Crippen molar-refractivity contribution in [2.24, 2.45) is 0 Å². The molecule has 0 saturated carbocycles. The van der Waals surface area contributed by atoms with Crippen LogP contribution in [0.3, 0.4) is 0 Å². The zero-order valence-electron chi connectivity index (χ0n) is 6.39. The molecular weight excluding hydrogens is 124 g/mol. The lowest BCUT2D eigenvalue weighted by atomic mass is 10.5. The number of hydrogen-bond acceptors (Lipinski definition) is 0. The molecule has 1 aliphatic carbocycles. The van der Waals surface area contributed by atoms with Crippen molar-refractivity contribution in [3.63, 3.8) is 0 Å². The van der Waals surface area contributed by atoms with Gasteiger partial charge in [-0.3, -0.25) is 0 Å². The fourth-order valence-electron chi connectivity index (χ4n) is 1.01. The molecule has 1 aliphatic rings. The maximum Gasteiger partial charge on any atom is 0.0558 e. The molecule has 0 atom stereocenters. The Bertz CT molecular complexity index is 136. The van der Waals surface area contributed by atoms with Crippen molar-refractivity contribution in [1.82, 2.24) is 0 Å². The molecule has 0 aromatic rings. The first-order valence-electron chi connectivity index (χ1n) is 3.46. The van der Waals surface area contributed by atoms with Crippen molar-refractivity contribution in [2.75, 3.05) is 0 Å². The minimum atomic E-state index is -0.898. The maximum absolute atomic E-state index is 2.40. The molecule has 50 valence electrons. The van der Waals surface area contributed by atoms with E-state index >= 15 is 0 Å². The van der Waals surface area contributed by atoms with Crippen molar-refractivity contribution in [2.45, 2.75) is 25.2 Å². The van der Waals surface area contributed by atoms with Crippen LogP contribution >= 0.6 is 0 Å². The molecule has 0 aromatic carbocycles. The number of hydrogen-bond donors (Lipinski definition) is 0. The molecule has 1 heteroatoms. The molecule has 0 unspecified atom stereocenters. The van der Waals surface area contributed by atoms with Gasteiger partial charge in [-0.1, -0.05) is 43.9 Å². The zero-order chi connectivity index (χ0) is 6.91. The standard InChI is InChI=1S/C8H14Si/c1-9(2,3)8-6-4-5-7-8/h4-8H,1-3H3. The molecule has 0 aromatic heterocycles. The van der Waals surface area contributed by atoms with Crippen molar-refractivity contribution < 1.29 is 0 Å². The highest BCUT2D eigenvalue weighted by molar-refractivity contribution is 6.78. The van der Waals surface area contributed by atoms with Crippen LogP contribution in [0.2, 0.25) is 25.2 Å². The summed E-state index contributed by atoms with van der Waals surface area (Å²) in [6.07, 6.45) is 8.93. The molecule has 0 nitrogen and oxygen atoms in total. The summed E-state index contributed by atoms with van der Waals surface area (Å²) < 4.78 is 0. The summed E-state index contributed by atoms with van der Waals surface area (Å²) >= 11 is 0. The average Bonchev–Trinajstić information content (AvgIpc) is 2.08. The quantitative estimate of drug-likeness (QED) is 0.489. The molecule has 0 bridgehead atoms. The Morgan fingerprint density at radius 2 is 1.44 bits per heavy atom. The Kier molecular flexibility index (Phi) is 1.62. The Balaban J connectivity index is 2.64. The molecule has 0 radical (unpaired) electrons. The fourth-order valence-corrected chi connectivity index (χ4v) is 2.39. The van der Waals surface area contributed by atoms with Crippen LogP contribution < -0.4 is 0 Å². The van der Waals surface area contributed by atoms with E-state index in [0.29, 0.717) is 0 Å². The van der Waals surface area contributed by atoms with E-state index in [-0.39, 0.29) is 0 Å². The summed E-state index contributed by atoms with van der Waals surface area (Å²) in [5.74, 6) is 0. The molecule has 0 fully saturated rings. The second kappa shape index (κ2) is 2.14. The van der Waals surface area contributed by atoms with Crippen LogP contribution in [0.25, 0.3) is 0 Å². The monoisotopic (exact) mass is 138 g/mol. The van der Waals surface area contributed by atoms with E-state index in [0.717, 1.165) is 5.54 Å². The first kappa shape index (κ1) is 6.81. The van der Waals surface area contributed by atoms with Crippen LogP contribution in [0.15, 0.2) is 24.3 Å². The topological polar surface area (TPSA) is 0 Å². The summed E-state index contributed by atoms with van der Waals surface area (Å²) in [5, 5.41) is 0. The molecule has 0 N–H and O–H groups in total. The molecule has 0 amide bonds. The largest absolute Gasteiger partial charge is 0.0804 e. The van der Waals surface area contributed by atoms with Gasteiger partial charge in [-0.05, 0) is 5.54 Å². The van der Waals surface area contributed by atoms with Crippen LogP contribution in [-0.2, 0) is 0 Å². The van der Waals surface area contributed by atoms with Crippen LogP contribution in [-0.4, -0.2) is 8.07 Å². The van der Waals surface area contributed by atoms with Gasteiger partial charge in [0.25, 0.3) is 0 Å². The van der Waals surface area contributed by atoms with Crippen molar-refractivity contribution >= 4 is 8.07 Å². The van der Waals surface area contributed by atoms with E-state index in [1.54, 1.807) is 0 Å². The van der Waals surface area contributed by atoms with Crippen LogP contribution in [0, 0.1) is 0 Å². The molecule has 1 rings (SSSR count). The lowest BCUT2D eigenvalue weighted by Crippen LogP contribution is -2.24. The van der Waals surface area contributed by atoms with Gasteiger partial charge in [0.05, 0.1) is 8.07 Å². The smallest absolute Gasteiger partial charge is 0.0558 e. The Morgan fingerprint density at radius 1 is 1.00 bits per heavy atom. The van der Waals surface area contributed by atoms with Gasteiger partial charge >= 0.3 is 0 Å². The molecule has 0 spiro atoms. The highest BCUT2D eigenvalue weighted by Crippen LogP contribution is 2.27. The Morgan fingerprint density at radius 3 is 1.67 bits per heavy atom. The van der Waals surface area contributed by atoms with Gasteiger partial charge < -0.3 is 0 Å². The Labute approximate surface area is 58.3 Å². The first-order valence-corrected chi connectivity index (χ1v) is 7.03. The Hall–Kier alpha value is -0.303. The summed E-state index contributed by atoms with van der Waals surface area (Å²) in [7, 11) is -0.898. The molecule has 9 heavy (non-hydrogen) atoms. The summed E-state index contributed by atoms with van der Waals surface area (Å²) in [4.78, 5) is 0.